The van der Waals surface area contributed by atoms with Crippen molar-refractivity contribution in [3.05, 3.63) is 40.8 Å². The predicted molar refractivity (Wildman–Crippen MR) is 78.1 cm³/mol. The van der Waals surface area contributed by atoms with Crippen LogP contribution in [0.25, 0.3) is 0 Å². The molecule has 0 fully saturated rings. The minimum absolute atomic E-state index is 0.000713. The molecule has 0 amide bonds. The van der Waals surface area contributed by atoms with Gasteiger partial charge in [-0.2, -0.15) is 0 Å². The second-order valence-electron chi connectivity index (χ2n) is 3.89. The molecule has 1 aromatic heterocycles. The molecule has 20 heavy (non-hydrogen) atoms. The van der Waals surface area contributed by atoms with Crippen LogP contribution < -0.4 is 15.2 Å². The van der Waals surface area contributed by atoms with E-state index in [0.717, 1.165) is 0 Å². The first-order valence-electron chi connectivity index (χ1n) is 5.61. The standard InChI is InChI=1S/C12H13BrN2O4S/c1-18-9-4-2-3-8(5-9)15-20(16,17)11-6-10(7-14)19-12(11)13/h2-6,15H,7,14H2,1H3. The molecule has 1 heterocycles. The Hall–Kier alpha value is -1.51. The maximum atomic E-state index is 12.3. The molecule has 0 bridgehead atoms. The van der Waals surface area contributed by atoms with Crippen molar-refractivity contribution in [1.29, 1.82) is 0 Å². The van der Waals surface area contributed by atoms with Gasteiger partial charge in [0.25, 0.3) is 10.0 Å². The van der Waals surface area contributed by atoms with E-state index in [4.69, 9.17) is 14.9 Å². The summed E-state index contributed by atoms with van der Waals surface area (Å²) >= 11 is 3.07. The zero-order chi connectivity index (χ0) is 14.8. The largest absolute Gasteiger partial charge is 0.497 e. The van der Waals surface area contributed by atoms with Crippen LogP contribution in [0, 0.1) is 0 Å². The van der Waals surface area contributed by atoms with E-state index in [1.165, 1.54) is 13.2 Å². The Morgan fingerprint density at radius 3 is 2.75 bits per heavy atom. The van der Waals surface area contributed by atoms with E-state index >= 15 is 0 Å². The monoisotopic (exact) mass is 360 g/mol. The summed E-state index contributed by atoms with van der Waals surface area (Å²) in [5, 5.41) is 0. The van der Waals surface area contributed by atoms with Gasteiger partial charge >= 0.3 is 0 Å². The second kappa shape index (κ2) is 5.86. The van der Waals surface area contributed by atoms with E-state index < -0.39 is 10.0 Å². The Morgan fingerprint density at radius 2 is 2.15 bits per heavy atom. The molecule has 0 aliphatic carbocycles. The summed E-state index contributed by atoms with van der Waals surface area (Å²) in [7, 11) is -2.25. The van der Waals surface area contributed by atoms with Gasteiger partial charge < -0.3 is 14.9 Å². The van der Waals surface area contributed by atoms with Gasteiger partial charge in [0.05, 0.1) is 19.3 Å². The molecule has 2 aromatic rings. The number of hydrogen-bond donors (Lipinski definition) is 2. The van der Waals surface area contributed by atoms with Crippen LogP contribution in [0.4, 0.5) is 5.69 Å². The van der Waals surface area contributed by atoms with Crippen molar-refractivity contribution in [3.8, 4) is 5.75 Å². The predicted octanol–water partition coefficient (Wildman–Crippen LogP) is 2.31. The summed E-state index contributed by atoms with van der Waals surface area (Å²) in [4.78, 5) is 0.000713. The fourth-order valence-electron chi connectivity index (χ4n) is 1.58. The fraction of sp³-hybridized carbons (Fsp3) is 0.167. The molecule has 0 aliphatic rings. The molecule has 8 heteroatoms. The zero-order valence-electron chi connectivity index (χ0n) is 10.6. The first-order chi connectivity index (χ1) is 9.46. The summed E-state index contributed by atoms with van der Waals surface area (Å²) in [6.07, 6.45) is 0. The van der Waals surface area contributed by atoms with Gasteiger partial charge in [0.15, 0.2) is 4.67 Å². The second-order valence-corrected chi connectivity index (χ2v) is 6.26. The first kappa shape index (κ1) is 14.9. The highest BCUT2D eigenvalue weighted by atomic mass is 79.9. The van der Waals surface area contributed by atoms with Crippen LogP contribution in [-0.2, 0) is 16.6 Å². The number of sulfonamides is 1. The number of ether oxygens (including phenoxy) is 1. The van der Waals surface area contributed by atoms with Crippen molar-refractivity contribution in [2.75, 3.05) is 11.8 Å². The smallest absolute Gasteiger partial charge is 0.266 e. The maximum Gasteiger partial charge on any atom is 0.266 e. The molecule has 0 saturated heterocycles. The normalized spacial score (nSPS) is 11.3. The number of rotatable bonds is 5. The van der Waals surface area contributed by atoms with E-state index in [1.807, 2.05) is 0 Å². The van der Waals surface area contributed by atoms with Crippen LogP contribution in [0.3, 0.4) is 0 Å². The lowest BCUT2D eigenvalue weighted by Gasteiger charge is -2.07. The Kier molecular flexibility index (Phi) is 4.36. The van der Waals surface area contributed by atoms with E-state index in [1.54, 1.807) is 24.3 Å². The molecule has 0 aliphatic heterocycles. The molecule has 0 spiro atoms. The van der Waals surface area contributed by atoms with E-state index in [0.29, 0.717) is 17.2 Å². The molecular formula is C12H13BrN2O4S. The van der Waals surface area contributed by atoms with E-state index in [9.17, 15) is 8.42 Å². The lowest BCUT2D eigenvalue weighted by atomic mass is 10.3. The SMILES string of the molecule is COc1cccc(NS(=O)(=O)c2cc(CN)oc2Br)c1. The Bertz CT molecular complexity index is 712. The minimum atomic E-state index is -3.76. The Labute approximate surface area is 125 Å². The van der Waals surface area contributed by atoms with Crippen LogP contribution in [0.2, 0.25) is 0 Å². The number of hydrogen-bond acceptors (Lipinski definition) is 5. The van der Waals surface area contributed by atoms with Crippen LogP contribution >= 0.6 is 15.9 Å². The summed E-state index contributed by atoms with van der Waals surface area (Å²) in [5.41, 5.74) is 5.81. The molecule has 0 radical (unpaired) electrons. The van der Waals surface area contributed by atoms with Crippen molar-refractivity contribution in [2.45, 2.75) is 11.4 Å². The van der Waals surface area contributed by atoms with E-state index in [-0.39, 0.29) is 16.1 Å². The van der Waals surface area contributed by atoms with Gasteiger partial charge in [0.1, 0.15) is 16.4 Å². The highest BCUT2D eigenvalue weighted by Crippen LogP contribution is 2.28. The van der Waals surface area contributed by atoms with Crippen LogP contribution in [0.5, 0.6) is 5.75 Å². The van der Waals surface area contributed by atoms with Crippen molar-refractivity contribution in [1.82, 2.24) is 0 Å². The highest BCUT2D eigenvalue weighted by Gasteiger charge is 2.22. The average Bonchev–Trinajstić information content (AvgIpc) is 2.80. The van der Waals surface area contributed by atoms with Crippen molar-refractivity contribution in [3.63, 3.8) is 0 Å². The molecule has 6 nitrogen and oxygen atoms in total. The van der Waals surface area contributed by atoms with Gasteiger partial charge in [-0.1, -0.05) is 6.07 Å². The molecule has 108 valence electrons. The quantitative estimate of drug-likeness (QED) is 0.852. The van der Waals surface area contributed by atoms with Crippen LogP contribution in [-0.4, -0.2) is 15.5 Å². The van der Waals surface area contributed by atoms with Gasteiger partial charge in [0.2, 0.25) is 0 Å². The van der Waals surface area contributed by atoms with Gasteiger partial charge in [-0.05, 0) is 28.1 Å². The number of methoxy groups -OCH3 is 1. The van der Waals surface area contributed by atoms with Gasteiger partial charge in [-0.3, -0.25) is 4.72 Å². The van der Waals surface area contributed by atoms with Gasteiger partial charge in [-0.25, -0.2) is 8.42 Å². The molecular weight excluding hydrogens is 348 g/mol. The minimum Gasteiger partial charge on any atom is -0.497 e. The zero-order valence-corrected chi connectivity index (χ0v) is 13.0. The number of anilines is 1. The average molecular weight is 361 g/mol. The highest BCUT2D eigenvalue weighted by molar-refractivity contribution is 9.10. The molecule has 0 saturated carbocycles. The molecule has 3 N–H and O–H groups in total. The molecule has 2 rings (SSSR count). The summed E-state index contributed by atoms with van der Waals surface area (Å²) in [6, 6.07) is 7.99. The van der Waals surface area contributed by atoms with Crippen molar-refractivity contribution >= 4 is 31.6 Å². The summed E-state index contributed by atoms with van der Waals surface area (Å²) in [5.74, 6) is 0.932. The van der Waals surface area contributed by atoms with Crippen molar-refractivity contribution < 1.29 is 17.6 Å². The number of halogens is 1. The Morgan fingerprint density at radius 1 is 1.40 bits per heavy atom. The fourth-order valence-corrected chi connectivity index (χ4v) is 3.63. The molecule has 0 unspecified atom stereocenters. The lowest BCUT2D eigenvalue weighted by Crippen LogP contribution is -2.12. The van der Waals surface area contributed by atoms with Crippen LogP contribution in [0.1, 0.15) is 5.76 Å². The lowest BCUT2D eigenvalue weighted by molar-refractivity contribution is 0.415. The maximum absolute atomic E-state index is 12.3. The topological polar surface area (TPSA) is 94.6 Å². The third kappa shape index (κ3) is 3.14. The number of benzene rings is 1. The first-order valence-corrected chi connectivity index (χ1v) is 7.89. The number of nitrogens with one attached hydrogen (secondary N) is 1. The van der Waals surface area contributed by atoms with Crippen LogP contribution in [0.15, 0.2) is 44.3 Å². The summed E-state index contributed by atoms with van der Waals surface area (Å²) < 4.78 is 37.3. The van der Waals surface area contributed by atoms with Crippen molar-refractivity contribution in [2.24, 2.45) is 5.73 Å². The number of nitrogens with two attached hydrogens (primary N) is 1. The van der Waals surface area contributed by atoms with Gasteiger partial charge in [0, 0.05) is 12.1 Å². The number of furan rings is 1. The Balaban J connectivity index is 2.32. The van der Waals surface area contributed by atoms with Gasteiger partial charge in [-0.15, -0.1) is 0 Å². The molecule has 0 atom stereocenters. The third-order valence-corrected chi connectivity index (χ3v) is 4.76. The molecule has 1 aromatic carbocycles. The third-order valence-electron chi connectivity index (χ3n) is 2.52. The van der Waals surface area contributed by atoms with E-state index in [2.05, 4.69) is 20.7 Å². The summed E-state index contributed by atoms with van der Waals surface area (Å²) in [6.45, 7) is 0.118.